The van der Waals surface area contributed by atoms with Gasteiger partial charge in [-0.1, -0.05) is 5.11 Å². The van der Waals surface area contributed by atoms with Crippen molar-refractivity contribution in [3.63, 3.8) is 0 Å². The molecule has 0 aromatic rings. The van der Waals surface area contributed by atoms with Crippen LogP contribution in [-0.2, 0) is 9.53 Å². The number of amides is 1. The fourth-order valence-corrected chi connectivity index (χ4v) is 0.312. The number of rotatable bonds is 4. The number of nitrogens with zero attached hydrogens (tertiary/aromatic N) is 3. The highest BCUT2D eigenvalue weighted by Gasteiger charge is 2.02. The fourth-order valence-electron chi connectivity index (χ4n) is 0.312. The van der Waals surface area contributed by atoms with E-state index in [9.17, 15) is 9.59 Å². The van der Waals surface area contributed by atoms with Crippen LogP contribution in [0.15, 0.2) is 5.11 Å². The van der Waals surface area contributed by atoms with Gasteiger partial charge in [0, 0.05) is 4.91 Å². The van der Waals surface area contributed by atoms with Crippen molar-refractivity contribution in [3.8, 4) is 0 Å². The molecule has 0 radical (unpaired) electrons. The highest BCUT2D eigenvalue weighted by molar-refractivity contribution is 5.76. The summed E-state index contributed by atoms with van der Waals surface area (Å²) < 4.78 is 4.20. The van der Waals surface area contributed by atoms with Crippen molar-refractivity contribution in [2.24, 2.45) is 5.11 Å². The third-order valence-electron chi connectivity index (χ3n) is 0.701. The van der Waals surface area contributed by atoms with Crippen LogP contribution >= 0.6 is 0 Å². The van der Waals surface area contributed by atoms with E-state index in [0.29, 0.717) is 0 Å². The van der Waals surface area contributed by atoms with Crippen LogP contribution in [0.1, 0.15) is 0 Å². The van der Waals surface area contributed by atoms with Gasteiger partial charge in [-0.25, -0.2) is 4.79 Å². The molecule has 12 heavy (non-hydrogen) atoms. The molecule has 0 atom stereocenters. The van der Waals surface area contributed by atoms with Crippen LogP contribution in [-0.4, -0.2) is 30.4 Å². The lowest BCUT2D eigenvalue weighted by Gasteiger charge is -2.00. The first kappa shape index (κ1) is 10.0. The maximum atomic E-state index is 10.4. The van der Waals surface area contributed by atoms with Crippen molar-refractivity contribution < 1.29 is 19.4 Å². The number of nitrogens with one attached hydrogen (secondary N) is 1. The molecule has 8 heteroatoms. The molecule has 0 aromatic heterocycles. The van der Waals surface area contributed by atoms with Gasteiger partial charge < -0.3 is 15.2 Å². The Kier molecular flexibility index (Phi) is 4.86. The molecular formula is C4H6N4O4. The average molecular weight is 174 g/mol. The second-order valence-corrected chi connectivity index (χ2v) is 1.54. The van der Waals surface area contributed by atoms with Crippen molar-refractivity contribution >= 4 is 12.1 Å². The summed E-state index contributed by atoms with van der Waals surface area (Å²) in [5, 5.41) is 12.9. The lowest BCUT2D eigenvalue weighted by molar-refractivity contribution is -0.135. The lowest BCUT2D eigenvalue weighted by Crippen LogP contribution is -2.29. The number of carboxylic acid groups (broad SMARTS) is 1. The SMILES string of the molecule is [N-]=[N+]=NCOC(=O)NCC(=O)O. The molecule has 0 aliphatic rings. The number of alkyl carbamates (subject to hydrolysis) is 1. The molecule has 0 heterocycles. The molecular weight excluding hydrogens is 168 g/mol. The van der Waals surface area contributed by atoms with E-state index >= 15 is 0 Å². The Morgan fingerprint density at radius 3 is 2.83 bits per heavy atom. The first-order valence-electron chi connectivity index (χ1n) is 2.80. The summed E-state index contributed by atoms with van der Waals surface area (Å²) in [6, 6.07) is 0. The molecule has 0 bridgehead atoms. The highest BCUT2D eigenvalue weighted by atomic mass is 16.6. The van der Waals surface area contributed by atoms with Gasteiger partial charge in [-0.3, -0.25) is 4.79 Å². The van der Waals surface area contributed by atoms with Crippen molar-refractivity contribution in [2.45, 2.75) is 0 Å². The average Bonchev–Trinajstić information content (AvgIpc) is 2.01. The van der Waals surface area contributed by atoms with Crippen LogP contribution < -0.4 is 5.32 Å². The molecule has 0 spiro atoms. The topological polar surface area (TPSA) is 124 Å². The van der Waals surface area contributed by atoms with E-state index in [1.807, 2.05) is 5.32 Å². The molecule has 0 saturated carbocycles. The molecule has 66 valence electrons. The Hall–Kier alpha value is -1.95. The summed E-state index contributed by atoms with van der Waals surface area (Å²) in [7, 11) is 0. The van der Waals surface area contributed by atoms with E-state index in [2.05, 4.69) is 14.8 Å². The molecule has 1 amide bonds. The van der Waals surface area contributed by atoms with Crippen LogP contribution in [0.2, 0.25) is 0 Å². The van der Waals surface area contributed by atoms with Crippen molar-refractivity contribution in [3.05, 3.63) is 10.4 Å². The Balaban J connectivity index is 3.46. The highest BCUT2D eigenvalue weighted by Crippen LogP contribution is 1.78. The van der Waals surface area contributed by atoms with Gasteiger partial charge in [0.25, 0.3) is 0 Å². The normalized spacial score (nSPS) is 8.00. The minimum Gasteiger partial charge on any atom is -0.480 e. The van der Waals surface area contributed by atoms with E-state index in [1.165, 1.54) is 0 Å². The molecule has 0 saturated heterocycles. The molecule has 8 nitrogen and oxygen atoms in total. The van der Waals surface area contributed by atoms with E-state index in [0.717, 1.165) is 0 Å². The standard InChI is InChI=1S/C4H6N4O4/c5-8-7-2-12-4(11)6-1-3(9)10/h1-2H2,(H,6,11)(H,9,10). The largest absolute Gasteiger partial charge is 0.480 e. The van der Waals surface area contributed by atoms with Crippen molar-refractivity contribution in [1.82, 2.24) is 5.32 Å². The van der Waals surface area contributed by atoms with Gasteiger partial charge in [-0.15, -0.1) is 0 Å². The van der Waals surface area contributed by atoms with Crippen molar-refractivity contribution in [2.75, 3.05) is 13.3 Å². The number of ether oxygens (including phenoxy) is 1. The van der Waals surface area contributed by atoms with Crippen LogP contribution in [0.5, 0.6) is 0 Å². The predicted octanol–water partition coefficient (Wildman–Crippen LogP) is 0.0650. The zero-order chi connectivity index (χ0) is 9.40. The Morgan fingerprint density at radius 2 is 2.33 bits per heavy atom. The Bertz CT molecular complexity index is 213. The van der Waals surface area contributed by atoms with E-state index < -0.39 is 25.3 Å². The van der Waals surface area contributed by atoms with Crippen LogP contribution in [0.3, 0.4) is 0 Å². The quantitative estimate of drug-likeness (QED) is 0.355. The Morgan fingerprint density at radius 1 is 1.67 bits per heavy atom. The molecule has 0 fully saturated rings. The maximum Gasteiger partial charge on any atom is 0.407 e. The summed E-state index contributed by atoms with van der Waals surface area (Å²) in [6.07, 6.45) is -0.940. The number of hydrogen-bond acceptors (Lipinski definition) is 4. The third-order valence-corrected chi connectivity index (χ3v) is 0.701. The first-order valence-corrected chi connectivity index (χ1v) is 2.80. The molecule has 0 aromatic carbocycles. The smallest absolute Gasteiger partial charge is 0.407 e. The maximum absolute atomic E-state index is 10.4. The number of hydrogen-bond donors (Lipinski definition) is 2. The third kappa shape index (κ3) is 6.17. The van der Waals surface area contributed by atoms with Crippen LogP contribution in [0.4, 0.5) is 4.79 Å². The van der Waals surface area contributed by atoms with Crippen LogP contribution in [0, 0.1) is 0 Å². The molecule has 0 aliphatic heterocycles. The second-order valence-electron chi connectivity index (χ2n) is 1.54. The number of carbonyl (C=O) groups excluding carboxylic acids is 1. The number of azide groups is 1. The first-order chi connectivity index (χ1) is 5.66. The van der Waals surface area contributed by atoms with E-state index in [1.54, 1.807) is 0 Å². The monoisotopic (exact) mass is 174 g/mol. The van der Waals surface area contributed by atoms with Gasteiger partial charge in [0.1, 0.15) is 6.54 Å². The summed E-state index contributed by atoms with van der Waals surface area (Å²) in [4.78, 5) is 22.6. The predicted molar refractivity (Wildman–Crippen MR) is 36.1 cm³/mol. The van der Waals surface area contributed by atoms with Gasteiger partial charge in [0.2, 0.25) is 0 Å². The van der Waals surface area contributed by atoms with Gasteiger partial charge in [0.05, 0.1) is 0 Å². The number of carbonyl (C=O) groups is 2. The van der Waals surface area contributed by atoms with E-state index in [4.69, 9.17) is 10.6 Å². The van der Waals surface area contributed by atoms with Gasteiger partial charge in [0.15, 0.2) is 6.73 Å². The number of aliphatic carboxylic acids is 1. The van der Waals surface area contributed by atoms with E-state index in [-0.39, 0.29) is 0 Å². The molecule has 0 rings (SSSR count). The van der Waals surface area contributed by atoms with Gasteiger partial charge in [-0.2, -0.15) is 0 Å². The van der Waals surface area contributed by atoms with Crippen LogP contribution in [0.25, 0.3) is 10.4 Å². The summed E-state index contributed by atoms with van der Waals surface area (Å²) in [5.74, 6) is -1.18. The van der Waals surface area contributed by atoms with Crippen molar-refractivity contribution in [1.29, 1.82) is 0 Å². The fraction of sp³-hybridized carbons (Fsp3) is 0.500. The lowest BCUT2D eigenvalue weighted by atomic mass is 10.7. The van der Waals surface area contributed by atoms with Gasteiger partial charge in [-0.05, 0) is 5.53 Å². The number of carboxylic acids is 1. The minimum absolute atomic E-state index is 0.456. The van der Waals surface area contributed by atoms with Gasteiger partial charge >= 0.3 is 12.1 Å². The minimum atomic E-state index is -1.18. The Labute approximate surface area is 66.7 Å². The zero-order valence-corrected chi connectivity index (χ0v) is 5.93. The molecule has 0 unspecified atom stereocenters. The summed E-state index contributed by atoms with van der Waals surface area (Å²) in [6.45, 7) is -0.989. The zero-order valence-electron chi connectivity index (χ0n) is 5.93. The molecule has 2 N–H and O–H groups in total. The second kappa shape index (κ2) is 5.81. The summed E-state index contributed by atoms with van der Waals surface area (Å²) in [5.41, 5.74) is 7.75. The summed E-state index contributed by atoms with van der Waals surface area (Å²) >= 11 is 0. The molecule has 0 aliphatic carbocycles.